The van der Waals surface area contributed by atoms with E-state index in [4.69, 9.17) is 0 Å². The standard InChI is InChI=1S/C13H10N2O.C9H14N2.C2H6/c1-15-8-14-12-7-10-5-3-2-4-9(10)6-11(12)13(15)16;1-3-11-9-7-5-4-6-8(9)10-2;1-2/h2-8H,1H3;4-7,10-11H,3H2,1-2H3;1-2H3. The highest BCUT2D eigenvalue weighted by molar-refractivity contribution is 5.95. The maximum atomic E-state index is 11.9. The topological polar surface area (TPSA) is 58.9 Å². The van der Waals surface area contributed by atoms with E-state index in [1.54, 1.807) is 13.4 Å². The molecule has 0 atom stereocenters. The minimum absolute atomic E-state index is 0.00393. The van der Waals surface area contributed by atoms with Crippen molar-refractivity contribution in [2.45, 2.75) is 20.8 Å². The van der Waals surface area contributed by atoms with Crippen molar-refractivity contribution in [1.29, 1.82) is 0 Å². The van der Waals surface area contributed by atoms with Crippen LogP contribution in [0.25, 0.3) is 21.7 Å². The van der Waals surface area contributed by atoms with E-state index >= 15 is 0 Å². The van der Waals surface area contributed by atoms with Crippen molar-refractivity contribution in [2.75, 3.05) is 24.2 Å². The van der Waals surface area contributed by atoms with Crippen molar-refractivity contribution in [3.05, 3.63) is 77.3 Å². The maximum Gasteiger partial charge on any atom is 0.260 e. The number of hydrogen-bond acceptors (Lipinski definition) is 4. The molecule has 0 bridgehead atoms. The summed E-state index contributed by atoms with van der Waals surface area (Å²) in [5, 5.41) is 9.23. The minimum Gasteiger partial charge on any atom is -0.386 e. The van der Waals surface area contributed by atoms with Crippen LogP contribution in [0.15, 0.2) is 71.8 Å². The average Bonchev–Trinajstić information content (AvgIpc) is 2.78. The SMILES string of the molecule is CC.CCNc1ccccc1NC.Cn1cnc2cc3ccccc3cc2c1=O. The van der Waals surface area contributed by atoms with Crippen molar-refractivity contribution in [3.63, 3.8) is 0 Å². The lowest BCUT2D eigenvalue weighted by Crippen LogP contribution is -2.16. The summed E-state index contributed by atoms with van der Waals surface area (Å²) in [7, 11) is 3.64. The molecule has 0 spiro atoms. The molecular formula is C24H30N4O. The number of hydrogen-bond donors (Lipinski definition) is 2. The molecule has 3 aromatic carbocycles. The van der Waals surface area contributed by atoms with Crippen LogP contribution in [0, 0.1) is 0 Å². The highest BCUT2D eigenvalue weighted by Crippen LogP contribution is 2.19. The Hall–Kier alpha value is -3.34. The van der Waals surface area contributed by atoms with Gasteiger partial charge in [-0.25, -0.2) is 4.98 Å². The average molecular weight is 391 g/mol. The molecule has 0 fully saturated rings. The van der Waals surface area contributed by atoms with Gasteiger partial charge in [-0.1, -0.05) is 50.2 Å². The Kier molecular flexibility index (Phi) is 8.22. The van der Waals surface area contributed by atoms with Crippen molar-refractivity contribution in [1.82, 2.24) is 9.55 Å². The fourth-order valence-corrected chi connectivity index (χ4v) is 2.94. The summed E-state index contributed by atoms with van der Waals surface area (Å²) in [6.45, 7) is 7.05. The first-order valence-electron chi connectivity index (χ1n) is 9.99. The van der Waals surface area contributed by atoms with Crippen molar-refractivity contribution >= 4 is 33.1 Å². The Bertz CT molecular complexity index is 1120. The van der Waals surface area contributed by atoms with Gasteiger partial charge in [0.25, 0.3) is 5.56 Å². The number of benzene rings is 3. The van der Waals surface area contributed by atoms with Crippen LogP contribution >= 0.6 is 0 Å². The molecule has 152 valence electrons. The van der Waals surface area contributed by atoms with E-state index in [2.05, 4.69) is 34.7 Å². The Balaban J connectivity index is 0.000000203. The van der Waals surface area contributed by atoms with Crippen molar-refractivity contribution in [2.24, 2.45) is 7.05 Å². The third-order valence-electron chi connectivity index (χ3n) is 4.35. The molecule has 0 radical (unpaired) electrons. The maximum absolute atomic E-state index is 11.9. The number of anilines is 2. The van der Waals surface area contributed by atoms with Crippen LogP contribution in [-0.4, -0.2) is 23.1 Å². The second kappa shape index (κ2) is 10.9. The zero-order valence-electron chi connectivity index (χ0n) is 17.9. The molecule has 1 aromatic heterocycles. The Morgan fingerprint density at radius 3 is 2.14 bits per heavy atom. The molecule has 5 heteroatoms. The number of nitrogens with zero attached hydrogens (tertiary/aromatic N) is 2. The van der Waals surface area contributed by atoms with E-state index in [9.17, 15) is 4.79 Å². The molecule has 0 saturated carbocycles. The number of rotatable bonds is 3. The summed E-state index contributed by atoms with van der Waals surface area (Å²) in [5.74, 6) is 0. The Morgan fingerprint density at radius 2 is 1.52 bits per heavy atom. The molecule has 0 aliphatic rings. The van der Waals surface area contributed by atoms with Gasteiger partial charge in [-0.2, -0.15) is 0 Å². The first kappa shape index (κ1) is 22.0. The molecule has 0 unspecified atom stereocenters. The summed E-state index contributed by atoms with van der Waals surface area (Å²) < 4.78 is 1.50. The smallest absolute Gasteiger partial charge is 0.260 e. The highest BCUT2D eigenvalue weighted by atomic mass is 16.1. The van der Waals surface area contributed by atoms with E-state index in [0.29, 0.717) is 5.39 Å². The highest BCUT2D eigenvalue weighted by Gasteiger charge is 2.03. The quantitative estimate of drug-likeness (QED) is 0.468. The van der Waals surface area contributed by atoms with Gasteiger partial charge in [-0.3, -0.25) is 4.79 Å². The van der Waals surface area contributed by atoms with Gasteiger partial charge < -0.3 is 15.2 Å². The first-order valence-corrected chi connectivity index (χ1v) is 9.99. The Morgan fingerprint density at radius 1 is 0.931 bits per heavy atom. The molecule has 0 aliphatic heterocycles. The largest absolute Gasteiger partial charge is 0.386 e. The molecule has 1 heterocycles. The van der Waals surface area contributed by atoms with Crippen LogP contribution in [0.4, 0.5) is 11.4 Å². The molecular weight excluding hydrogens is 360 g/mol. The minimum atomic E-state index is -0.00393. The van der Waals surface area contributed by atoms with Gasteiger partial charge in [-0.15, -0.1) is 0 Å². The summed E-state index contributed by atoms with van der Waals surface area (Å²) >= 11 is 0. The molecule has 4 aromatic rings. The molecule has 0 amide bonds. The summed E-state index contributed by atoms with van der Waals surface area (Å²) in [4.78, 5) is 16.1. The summed E-state index contributed by atoms with van der Waals surface area (Å²) in [5.41, 5.74) is 3.06. The van der Waals surface area contributed by atoms with Crippen LogP contribution < -0.4 is 16.2 Å². The van der Waals surface area contributed by atoms with E-state index in [1.807, 2.05) is 69.4 Å². The normalized spacial score (nSPS) is 9.83. The summed E-state index contributed by atoms with van der Waals surface area (Å²) in [6.07, 6.45) is 1.56. The number of fused-ring (bicyclic) bond motifs is 2. The third-order valence-corrected chi connectivity index (χ3v) is 4.35. The molecule has 0 aliphatic carbocycles. The zero-order chi connectivity index (χ0) is 21.2. The zero-order valence-corrected chi connectivity index (χ0v) is 17.9. The van der Waals surface area contributed by atoms with Crippen LogP contribution in [0.1, 0.15) is 20.8 Å². The van der Waals surface area contributed by atoms with Crippen LogP contribution in [0.2, 0.25) is 0 Å². The van der Waals surface area contributed by atoms with Crippen molar-refractivity contribution < 1.29 is 0 Å². The van der Waals surface area contributed by atoms with Gasteiger partial charge in [-0.05, 0) is 42.0 Å². The van der Waals surface area contributed by atoms with Gasteiger partial charge >= 0.3 is 0 Å². The molecule has 5 nitrogen and oxygen atoms in total. The molecule has 29 heavy (non-hydrogen) atoms. The van der Waals surface area contributed by atoms with E-state index < -0.39 is 0 Å². The van der Waals surface area contributed by atoms with Gasteiger partial charge in [0, 0.05) is 20.6 Å². The number of nitrogens with one attached hydrogen (secondary N) is 2. The van der Waals surface area contributed by atoms with E-state index in [0.717, 1.165) is 34.2 Å². The fourth-order valence-electron chi connectivity index (χ4n) is 2.94. The molecule has 2 N–H and O–H groups in total. The first-order chi connectivity index (χ1) is 14.1. The van der Waals surface area contributed by atoms with Gasteiger partial charge in [0.05, 0.1) is 28.6 Å². The number of aromatic nitrogens is 2. The third kappa shape index (κ3) is 5.35. The second-order valence-corrected chi connectivity index (χ2v) is 6.20. The predicted molar refractivity (Wildman–Crippen MR) is 126 cm³/mol. The lowest BCUT2D eigenvalue weighted by Gasteiger charge is -2.08. The summed E-state index contributed by atoms with van der Waals surface area (Å²) in [6, 6.07) is 20.0. The lowest BCUT2D eigenvalue weighted by molar-refractivity contribution is 0.843. The van der Waals surface area contributed by atoms with Crippen LogP contribution in [0.3, 0.4) is 0 Å². The predicted octanol–water partition coefficient (Wildman–Crippen LogP) is 5.27. The second-order valence-electron chi connectivity index (χ2n) is 6.20. The van der Waals surface area contributed by atoms with Gasteiger partial charge in [0.2, 0.25) is 0 Å². The molecule has 4 rings (SSSR count). The van der Waals surface area contributed by atoms with Crippen LogP contribution in [-0.2, 0) is 7.05 Å². The van der Waals surface area contributed by atoms with E-state index in [-0.39, 0.29) is 5.56 Å². The van der Waals surface area contributed by atoms with E-state index in [1.165, 1.54) is 4.57 Å². The van der Waals surface area contributed by atoms with Gasteiger partial charge in [0.15, 0.2) is 0 Å². The van der Waals surface area contributed by atoms with Gasteiger partial charge in [0.1, 0.15) is 0 Å². The molecule has 0 saturated heterocycles. The van der Waals surface area contributed by atoms with Crippen molar-refractivity contribution in [3.8, 4) is 0 Å². The lowest BCUT2D eigenvalue weighted by atomic mass is 10.1. The Labute approximate surface area is 172 Å². The fraction of sp³-hybridized carbons (Fsp3) is 0.250. The monoisotopic (exact) mass is 390 g/mol. The number of aryl methyl sites for hydroxylation is 1. The number of para-hydroxylation sites is 2. The van der Waals surface area contributed by atoms with Crippen LogP contribution in [0.5, 0.6) is 0 Å².